The summed E-state index contributed by atoms with van der Waals surface area (Å²) in [4.78, 5) is 30.1. The highest BCUT2D eigenvalue weighted by molar-refractivity contribution is 6.06. The molecule has 1 saturated carbocycles. The Balaban J connectivity index is 1.73. The second-order valence-electron chi connectivity index (χ2n) is 6.27. The van der Waals surface area contributed by atoms with Crippen molar-refractivity contribution < 1.29 is 24.0 Å². The second-order valence-corrected chi connectivity index (χ2v) is 6.27. The standard InChI is InChI=1S/C16H17N3O5/c1-8-13-10(6-11(9-2-3-9)17-14(13)24-18-8)15(20)19-4-5-23-12(7-19)16(21)22/h6,9,12H,2-5,7H2,1H3,(H,21,22). The third-order valence-corrected chi connectivity index (χ3v) is 4.49. The van der Waals surface area contributed by atoms with Gasteiger partial charge in [-0.1, -0.05) is 5.16 Å². The van der Waals surface area contributed by atoms with Crippen molar-refractivity contribution in [1.29, 1.82) is 0 Å². The molecule has 2 fully saturated rings. The minimum atomic E-state index is -1.06. The zero-order valence-electron chi connectivity index (χ0n) is 13.2. The van der Waals surface area contributed by atoms with E-state index in [1.807, 2.05) is 0 Å². The number of carboxylic acids is 1. The number of carbonyl (C=O) groups excluding carboxylic acids is 1. The number of carbonyl (C=O) groups is 2. The van der Waals surface area contributed by atoms with E-state index >= 15 is 0 Å². The Hall–Kier alpha value is -2.48. The monoisotopic (exact) mass is 331 g/mol. The molecule has 1 aliphatic carbocycles. The molecule has 0 aromatic carbocycles. The highest BCUT2D eigenvalue weighted by Crippen LogP contribution is 2.40. The van der Waals surface area contributed by atoms with Crippen LogP contribution in [0, 0.1) is 6.92 Å². The Morgan fingerprint density at radius 1 is 1.38 bits per heavy atom. The Bertz CT molecular complexity index is 826. The molecular formula is C16H17N3O5. The van der Waals surface area contributed by atoms with E-state index in [0.717, 1.165) is 18.5 Å². The van der Waals surface area contributed by atoms with Crippen LogP contribution < -0.4 is 0 Å². The van der Waals surface area contributed by atoms with Gasteiger partial charge in [0.15, 0.2) is 6.10 Å². The lowest BCUT2D eigenvalue weighted by Gasteiger charge is -2.31. The number of hydrogen-bond acceptors (Lipinski definition) is 6. The molecule has 1 N–H and O–H groups in total. The molecule has 8 nitrogen and oxygen atoms in total. The summed E-state index contributed by atoms with van der Waals surface area (Å²) >= 11 is 0. The fourth-order valence-electron chi connectivity index (χ4n) is 3.02. The molecule has 4 rings (SSSR count). The number of pyridine rings is 1. The van der Waals surface area contributed by atoms with Crippen molar-refractivity contribution in [2.45, 2.75) is 31.8 Å². The van der Waals surface area contributed by atoms with Gasteiger partial charge in [-0.15, -0.1) is 0 Å². The summed E-state index contributed by atoms with van der Waals surface area (Å²) in [5, 5.41) is 13.6. The minimum Gasteiger partial charge on any atom is -0.479 e. The third-order valence-electron chi connectivity index (χ3n) is 4.49. The molecule has 0 radical (unpaired) electrons. The second kappa shape index (κ2) is 5.55. The summed E-state index contributed by atoms with van der Waals surface area (Å²) in [6.07, 6.45) is 1.11. The Morgan fingerprint density at radius 3 is 2.88 bits per heavy atom. The van der Waals surface area contributed by atoms with E-state index in [1.165, 1.54) is 4.90 Å². The van der Waals surface area contributed by atoms with Gasteiger partial charge in [0.2, 0.25) is 0 Å². The first-order valence-corrected chi connectivity index (χ1v) is 7.95. The molecule has 1 amide bonds. The molecular weight excluding hydrogens is 314 g/mol. The summed E-state index contributed by atoms with van der Waals surface area (Å²) in [6, 6.07) is 1.80. The van der Waals surface area contributed by atoms with Crippen molar-refractivity contribution in [3.63, 3.8) is 0 Å². The summed E-state index contributed by atoms with van der Waals surface area (Å²) < 4.78 is 10.4. The van der Waals surface area contributed by atoms with Crippen LogP contribution in [-0.4, -0.2) is 57.8 Å². The first-order chi connectivity index (χ1) is 11.5. The van der Waals surface area contributed by atoms with Crippen molar-refractivity contribution in [3.8, 4) is 0 Å². The lowest BCUT2D eigenvalue weighted by atomic mass is 10.1. The van der Waals surface area contributed by atoms with Crippen LogP contribution in [0.3, 0.4) is 0 Å². The molecule has 1 unspecified atom stereocenters. The van der Waals surface area contributed by atoms with Crippen LogP contribution in [0.4, 0.5) is 0 Å². The van der Waals surface area contributed by atoms with Gasteiger partial charge in [-0.2, -0.15) is 0 Å². The molecule has 8 heteroatoms. The van der Waals surface area contributed by atoms with Gasteiger partial charge in [0.25, 0.3) is 11.6 Å². The first-order valence-electron chi connectivity index (χ1n) is 7.95. The molecule has 3 heterocycles. The quantitative estimate of drug-likeness (QED) is 0.904. The number of ether oxygens (including phenoxy) is 1. The number of amides is 1. The van der Waals surface area contributed by atoms with Crippen molar-refractivity contribution >= 4 is 23.0 Å². The van der Waals surface area contributed by atoms with Crippen LogP contribution >= 0.6 is 0 Å². The molecule has 24 heavy (non-hydrogen) atoms. The van der Waals surface area contributed by atoms with Crippen LogP contribution in [0.2, 0.25) is 0 Å². The number of morpholine rings is 1. The Kier molecular flexibility index (Phi) is 3.49. The fourth-order valence-corrected chi connectivity index (χ4v) is 3.02. The molecule has 2 aromatic rings. The van der Waals surface area contributed by atoms with Gasteiger partial charge < -0.3 is 19.3 Å². The number of aliphatic carboxylic acids is 1. The molecule has 1 aliphatic heterocycles. The van der Waals surface area contributed by atoms with E-state index in [-0.39, 0.29) is 19.1 Å². The van der Waals surface area contributed by atoms with Crippen LogP contribution in [0.25, 0.3) is 11.1 Å². The largest absolute Gasteiger partial charge is 0.479 e. The number of fused-ring (bicyclic) bond motifs is 1. The summed E-state index contributed by atoms with van der Waals surface area (Å²) in [5.41, 5.74) is 2.28. The maximum Gasteiger partial charge on any atom is 0.334 e. The van der Waals surface area contributed by atoms with Crippen molar-refractivity contribution in [3.05, 3.63) is 23.0 Å². The minimum absolute atomic E-state index is 0.0288. The lowest BCUT2D eigenvalue weighted by molar-refractivity contribution is -0.154. The molecule has 0 spiro atoms. The number of nitrogens with zero attached hydrogens (tertiary/aromatic N) is 3. The van der Waals surface area contributed by atoms with Crippen molar-refractivity contribution in [2.24, 2.45) is 0 Å². The summed E-state index contributed by atoms with van der Waals surface area (Å²) in [7, 11) is 0. The number of rotatable bonds is 3. The number of aryl methyl sites for hydroxylation is 1. The smallest absolute Gasteiger partial charge is 0.334 e. The topological polar surface area (TPSA) is 106 Å². The maximum atomic E-state index is 13.0. The molecule has 2 aromatic heterocycles. The van der Waals surface area contributed by atoms with E-state index < -0.39 is 12.1 Å². The average Bonchev–Trinajstić information content (AvgIpc) is 3.37. The highest BCUT2D eigenvalue weighted by atomic mass is 16.5. The van der Waals surface area contributed by atoms with E-state index in [4.69, 9.17) is 14.4 Å². The van der Waals surface area contributed by atoms with Gasteiger partial charge >= 0.3 is 5.97 Å². The summed E-state index contributed by atoms with van der Waals surface area (Å²) in [5.74, 6) is -0.930. The van der Waals surface area contributed by atoms with Gasteiger partial charge in [-0.05, 0) is 25.8 Å². The molecule has 2 aliphatic rings. The molecule has 1 atom stereocenters. The Labute approximate surface area is 137 Å². The van der Waals surface area contributed by atoms with Crippen molar-refractivity contribution in [2.75, 3.05) is 19.7 Å². The number of carboxylic acid groups (broad SMARTS) is 1. The number of hydrogen-bond donors (Lipinski definition) is 1. The summed E-state index contributed by atoms with van der Waals surface area (Å²) in [6.45, 7) is 2.35. The van der Waals surface area contributed by atoms with E-state index in [9.17, 15) is 9.59 Å². The van der Waals surface area contributed by atoms with Gasteiger partial charge in [-0.3, -0.25) is 4.79 Å². The van der Waals surface area contributed by atoms with E-state index in [2.05, 4.69) is 10.1 Å². The zero-order chi connectivity index (χ0) is 16.8. The van der Waals surface area contributed by atoms with Gasteiger partial charge in [0.05, 0.1) is 29.8 Å². The van der Waals surface area contributed by atoms with Gasteiger partial charge in [0.1, 0.15) is 0 Å². The SMILES string of the molecule is Cc1noc2nc(C3CC3)cc(C(=O)N3CCOC(C(=O)O)C3)c12. The number of aromatic nitrogens is 2. The van der Waals surface area contributed by atoms with E-state index in [1.54, 1.807) is 13.0 Å². The predicted molar refractivity (Wildman–Crippen MR) is 81.8 cm³/mol. The van der Waals surface area contributed by atoms with Crippen LogP contribution in [0.1, 0.15) is 40.5 Å². The average molecular weight is 331 g/mol. The van der Waals surface area contributed by atoms with Crippen LogP contribution in [-0.2, 0) is 9.53 Å². The van der Waals surface area contributed by atoms with E-state index in [0.29, 0.717) is 34.8 Å². The first kappa shape index (κ1) is 15.1. The van der Waals surface area contributed by atoms with Crippen LogP contribution in [0.15, 0.2) is 10.6 Å². The van der Waals surface area contributed by atoms with Crippen LogP contribution in [0.5, 0.6) is 0 Å². The highest BCUT2D eigenvalue weighted by Gasteiger charge is 2.33. The molecule has 0 bridgehead atoms. The zero-order valence-corrected chi connectivity index (χ0v) is 13.2. The van der Waals surface area contributed by atoms with Gasteiger partial charge in [0, 0.05) is 18.2 Å². The molecule has 126 valence electrons. The Morgan fingerprint density at radius 2 is 2.17 bits per heavy atom. The predicted octanol–water partition coefficient (Wildman–Crippen LogP) is 1.33. The lowest BCUT2D eigenvalue weighted by Crippen LogP contribution is -2.48. The third kappa shape index (κ3) is 2.52. The van der Waals surface area contributed by atoms with Crippen molar-refractivity contribution in [1.82, 2.24) is 15.0 Å². The normalized spacial score (nSPS) is 21.2. The maximum absolute atomic E-state index is 13.0. The molecule has 1 saturated heterocycles. The van der Waals surface area contributed by atoms with Gasteiger partial charge in [-0.25, -0.2) is 9.78 Å². The fraction of sp³-hybridized carbons (Fsp3) is 0.500.